The van der Waals surface area contributed by atoms with Crippen LogP contribution in [0.3, 0.4) is 0 Å². The van der Waals surface area contributed by atoms with Crippen molar-refractivity contribution in [1.82, 2.24) is 0 Å². The van der Waals surface area contributed by atoms with E-state index in [1.54, 1.807) is 0 Å². The van der Waals surface area contributed by atoms with Crippen LogP contribution in [-0.4, -0.2) is 0 Å². The van der Waals surface area contributed by atoms with Gasteiger partial charge in [-0.2, -0.15) is 0 Å². The summed E-state index contributed by atoms with van der Waals surface area (Å²) >= 11 is 9.56. The molecule has 0 radical (unpaired) electrons. The zero-order valence-corrected chi connectivity index (χ0v) is 14.0. The van der Waals surface area contributed by atoms with Crippen LogP contribution in [0.2, 0.25) is 5.02 Å². The molecule has 0 aliphatic carbocycles. The van der Waals surface area contributed by atoms with Crippen molar-refractivity contribution in [2.75, 3.05) is 0 Å². The lowest BCUT2D eigenvalue weighted by Gasteiger charge is -2.15. The molecule has 0 bridgehead atoms. The van der Waals surface area contributed by atoms with Gasteiger partial charge in [-0.05, 0) is 77.7 Å². The number of halogens is 2. The van der Waals surface area contributed by atoms with Gasteiger partial charge in [0.25, 0.3) is 0 Å². The van der Waals surface area contributed by atoms with E-state index in [9.17, 15) is 0 Å². The number of ether oxygens (including phenoxy) is 1. The van der Waals surface area contributed by atoms with Gasteiger partial charge in [-0.3, -0.25) is 0 Å². The van der Waals surface area contributed by atoms with Gasteiger partial charge >= 0.3 is 0 Å². The van der Waals surface area contributed by atoms with Crippen molar-refractivity contribution in [2.24, 2.45) is 5.73 Å². The maximum absolute atomic E-state index is 6.03. The summed E-state index contributed by atoms with van der Waals surface area (Å²) in [4.78, 5) is 0. The summed E-state index contributed by atoms with van der Waals surface area (Å²) in [7, 11) is 0. The molecule has 2 nitrogen and oxygen atoms in total. The van der Waals surface area contributed by atoms with Gasteiger partial charge in [0.15, 0.2) is 0 Å². The van der Waals surface area contributed by atoms with Crippen LogP contribution < -0.4 is 10.5 Å². The van der Waals surface area contributed by atoms with Crippen LogP contribution in [0, 0.1) is 13.8 Å². The number of benzene rings is 2. The highest BCUT2D eigenvalue weighted by atomic mass is 79.9. The molecule has 0 aromatic heterocycles. The maximum atomic E-state index is 6.03. The standard InChI is InChI=1S/C16H17BrClNO/c1-9-6-13(18)7-10(2)16(9)20-15-5-4-12(11(3)19)8-14(15)17/h4-8,11H,19H2,1-3H3/t11-/m1/s1. The minimum absolute atomic E-state index is 0.000598. The van der Waals surface area contributed by atoms with E-state index in [1.807, 2.05) is 51.1 Å². The summed E-state index contributed by atoms with van der Waals surface area (Å²) in [6, 6.07) is 9.68. The van der Waals surface area contributed by atoms with Crippen molar-refractivity contribution in [3.05, 3.63) is 56.5 Å². The fourth-order valence-corrected chi connectivity index (χ4v) is 2.86. The van der Waals surface area contributed by atoms with Crippen molar-refractivity contribution >= 4 is 27.5 Å². The summed E-state index contributed by atoms with van der Waals surface area (Å²) in [5.74, 6) is 1.60. The van der Waals surface area contributed by atoms with Gasteiger partial charge in [-0.25, -0.2) is 0 Å². The van der Waals surface area contributed by atoms with Crippen LogP contribution in [0.1, 0.15) is 29.7 Å². The van der Waals surface area contributed by atoms with Crippen molar-refractivity contribution in [2.45, 2.75) is 26.8 Å². The molecule has 4 heteroatoms. The van der Waals surface area contributed by atoms with Gasteiger partial charge in [0.2, 0.25) is 0 Å². The van der Waals surface area contributed by atoms with Crippen molar-refractivity contribution in [3.8, 4) is 11.5 Å². The zero-order valence-electron chi connectivity index (χ0n) is 11.7. The van der Waals surface area contributed by atoms with E-state index < -0.39 is 0 Å². The van der Waals surface area contributed by atoms with E-state index in [4.69, 9.17) is 22.1 Å². The summed E-state index contributed by atoms with van der Waals surface area (Å²) in [5.41, 5.74) is 8.96. The van der Waals surface area contributed by atoms with E-state index >= 15 is 0 Å². The average molecular weight is 355 g/mol. The molecule has 0 unspecified atom stereocenters. The summed E-state index contributed by atoms with van der Waals surface area (Å²) in [5, 5.41) is 0.721. The van der Waals surface area contributed by atoms with Crippen molar-refractivity contribution in [1.29, 1.82) is 0 Å². The first-order chi connectivity index (χ1) is 9.38. The van der Waals surface area contributed by atoms with Gasteiger partial charge in [-0.15, -0.1) is 0 Å². The maximum Gasteiger partial charge on any atom is 0.141 e. The largest absolute Gasteiger partial charge is 0.456 e. The van der Waals surface area contributed by atoms with Crippen molar-refractivity contribution in [3.63, 3.8) is 0 Å². The van der Waals surface area contributed by atoms with Gasteiger partial charge in [-0.1, -0.05) is 17.7 Å². The van der Waals surface area contributed by atoms with Crippen LogP contribution in [0.4, 0.5) is 0 Å². The van der Waals surface area contributed by atoms with E-state index in [1.165, 1.54) is 0 Å². The second-order valence-corrected chi connectivity index (χ2v) is 6.24. The molecule has 106 valence electrons. The predicted octanol–water partition coefficient (Wildman–Crippen LogP) is 5.53. The molecular weight excluding hydrogens is 338 g/mol. The Morgan fingerprint density at radius 3 is 2.25 bits per heavy atom. The monoisotopic (exact) mass is 353 g/mol. The second-order valence-electron chi connectivity index (χ2n) is 4.95. The smallest absolute Gasteiger partial charge is 0.141 e. The lowest BCUT2D eigenvalue weighted by molar-refractivity contribution is 0.472. The van der Waals surface area contributed by atoms with Crippen LogP contribution in [0.5, 0.6) is 11.5 Å². The quantitative estimate of drug-likeness (QED) is 0.786. The lowest BCUT2D eigenvalue weighted by Crippen LogP contribution is -2.04. The number of nitrogens with two attached hydrogens (primary N) is 1. The van der Waals surface area contributed by atoms with Crippen LogP contribution in [0.15, 0.2) is 34.8 Å². The first kappa shape index (κ1) is 15.4. The third-order valence-electron chi connectivity index (χ3n) is 3.12. The SMILES string of the molecule is Cc1cc(Cl)cc(C)c1Oc1ccc([C@@H](C)N)cc1Br. The molecule has 20 heavy (non-hydrogen) atoms. The minimum atomic E-state index is -0.000598. The van der Waals surface area contributed by atoms with Crippen LogP contribution in [-0.2, 0) is 0 Å². The molecule has 2 aromatic rings. The highest BCUT2D eigenvalue weighted by molar-refractivity contribution is 9.10. The van der Waals surface area contributed by atoms with Crippen LogP contribution >= 0.6 is 27.5 Å². The molecular formula is C16H17BrClNO. The Bertz CT molecular complexity index is 617. The first-order valence-electron chi connectivity index (χ1n) is 6.38. The van der Waals surface area contributed by atoms with E-state index in [-0.39, 0.29) is 6.04 Å². The van der Waals surface area contributed by atoms with E-state index in [0.717, 1.165) is 37.7 Å². The molecule has 0 aliphatic rings. The molecule has 0 spiro atoms. The highest BCUT2D eigenvalue weighted by Crippen LogP contribution is 2.35. The number of hydrogen-bond acceptors (Lipinski definition) is 2. The number of rotatable bonds is 3. The molecule has 0 amide bonds. The third-order valence-corrected chi connectivity index (χ3v) is 3.96. The highest BCUT2D eigenvalue weighted by Gasteiger charge is 2.10. The van der Waals surface area contributed by atoms with E-state index in [0.29, 0.717) is 0 Å². The average Bonchev–Trinajstić information content (AvgIpc) is 2.34. The van der Waals surface area contributed by atoms with E-state index in [2.05, 4.69) is 15.9 Å². The molecule has 2 rings (SSSR count). The minimum Gasteiger partial charge on any atom is -0.456 e. The number of hydrogen-bond donors (Lipinski definition) is 1. The van der Waals surface area contributed by atoms with Gasteiger partial charge in [0.1, 0.15) is 11.5 Å². The third kappa shape index (κ3) is 3.35. The molecule has 0 fully saturated rings. The molecule has 1 atom stereocenters. The number of aryl methyl sites for hydroxylation is 2. The molecule has 2 aromatic carbocycles. The Morgan fingerprint density at radius 2 is 1.75 bits per heavy atom. The Balaban J connectivity index is 2.36. The van der Waals surface area contributed by atoms with Crippen LogP contribution in [0.25, 0.3) is 0 Å². The summed E-state index contributed by atoms with van der Waals surface area (Å²) < 4.78 is 6.90. The van der Waals surface area contributed by atoms with Crippen molar-refractivity contribution < 1.29 is 4.74 Å². The predicted molar refractivity (Wildman–Crippen MR) is 87.7 cm³/mol. The van der Waals surface area contributed by atoms with Gasteiger partial charge in [0.05, 0.1) is 4.47 Å². The topological polar surface area (TPSA) is 35.2 Å². The lowest BCUT2D eigenvalue weighted by atomic mass is 10.1. The molecule has 0 saturated heterocycles. The molecule has 0 saturated carbocycles. The Labute approximate surface area is 133 Å². The summed E-state index contributed by atoms with van der Waals surface area (Å²) in [6.45, 7) is 5.92. The Hall–Kier alpha value is -1.03. The van der Waals surface area contributed by atoms with Gasteiger partial charge in [0, 0.05) is 11.1 Å². The summed E-state index contributed by atoms with van der Waals surface area (Å²) in [6.07, 6.45) is 0. The van der Waals surface area contributed by atoms with Gasteiger partial charge < -0.3 is 10.5 Å². The molecule has 0 aliphatic heterocycles. The molecule has 2 N–H and O–H groups in total. The normalized spacial score (nSPS) is 12.3. The fraction of sp³-hybridized carbons (Fsp3) is 0.250. The second kappa shape index (κ2) is 6.17. The zero-order chi connectivity index (χ0) is 14.9. The molecule has 0 heterocycles. The fourth-order valence-electron chi connectivity index (χ4n) is 2.05. The Kier molecular flexibility index (Phi) is 4.74. The Morgan fingerprint density at radius 1 is 1.15 bits per heavy atom. The first-order valence-corrected chi connectivity index (χ1v) is 7.55.